The minimum absolute atomic E-state index is 0.184. The Balaban J connectivity index is 1.35. The highest BCUT2D eigenvalue weighted by Gasteiger charge is 2.76. The first-order valence-corrected chi connectivity index (χ1v) is 11.0. The van der Waals surface area contributed by atoms with Crippen LogP contribution >= 0.6 is 0 Å². The molecular formula is C24H26N6O. The Morgan fingerprint density at radius 1 is 1.23 bits per heavy atom. The third-order valence-corrected chi connectivity index (χ3v) is 7.80. The Kier molecular flexibility index (Phi) is 3.66. The fourth-order valence-corrected chi connectivity index (χ4v) is 5.41. The van der Waals surface area contributed by atoms with Gasteiger partial charge in [-0.3, -0.25) is 4.98 Å². The minimum atomic E-state index is -0.688. The maximum atomic E-state index is 10.4. The van der Waals surface area contributed by atoms with Crippen molar-refractivity contribution in [2.75, 3.05) is 18.0 Å². The van der Waals surface area contributed by atoms with Gasteiger partial charge in [0, 0.05) is 42.9 Å². The molecule has 7 nitrogen and oxygen atoms in total. The molecule has 3 aromatic rings. The van der Waals surface area contributed by atoms with E-state index in [0.717, 1.165) is 66.9 Å². The lowest BCUT2D eigenvalue weighted by Crippen LogP contribution is -2.33. The first-order valence-electron chi connectivity index (χ1n) is 11.0. The minimum Gasteiger partial charge on any atom is -0.390 e. The SMILES string of the molecule is CC(C)(O)[C@@H]1CCN(c2cc(-n3ncc4cnc(C5(C#N)CC56CC6)cc43)ccn2)C1. The summed E-state index contributed by atoms with van der Waals surface area (Å²) < 4.78 is 1.92. The highest BCUT2D eigenvalue weighted by atomic mass is 16.3. The molecule has 0 aromatic carbocycles. The molecule has 2 aliphatic carbocycles. The van der Waals surface area contributed by atoms with Crippen LogP contribution in [-0.2, 0) is 5.41 Å². The average Bonchev–Trinajstić information content (AvgIpc) is 3.50. The maximum absolute atomic E-state index is 10.4. The van der Waals surface area contributed by atoms with Gasteiger partial charge in [-0.2, -0.15) is 10.4 Å². The van der Waals surface area contributed by atoms with E-state index in [0.29, 0.717) is 0 Å². The fraction of sp³-hybridized carbons (Fsp3) is 0.500. The van der Waals surface area contributed by atoms with Gasteiger partial charge in [-0.25, -0.2) is 9.67 Å². The molecule has 3 aromatic heterocycles. The number of aromatic nitrogens is 4. The fourth-order valence-electron chi connectivity index (χ4n) is 5.41. The van der Waals surface area contributed by atoms with E-state index < -0.39 is 11.0 Å². The van der Waals surface area contributed by atoms with Gasteiger partial charge in [0.2, 0.25) is 0 Å². The second-order valence-electron chi connectivity index (χ2n) is 10.1. The Bertz CT molecular complexity index is 1230. The topological polar surface area (TPSA) is 90.9 Å². The van der Waals surface area contributed by atoms with E-state index in [2.05, 4.69) is 38.2 Å². The van der Waals surface area contributed by atoms with Crippen molar-refractivity contribution in [3.05, 3.63) is 42.5 Å². The van der Waals surface area contributed by atoms with E-state index in [9.17, 15) is 10.4 Å². The zero-order chi connectivity index (χ0) is 21.4. The normalized spacial score (nSPS) is 26.4. The van der Waals surface area contributed by atoms with Crippen molar-refractivity contribution in [3.8, 4) is 11.8 Å². The largest absolute Gasteiger partial charge is 0.390 e. The highest BCUT2D eigenvalue weighted by molar-refractivity contribution is 5.80. The molecule has 1 aliphatic heterocycles. The van der Waals surface area contributed by atoms with Crippen LogP contribution in [-0.4, -0.2) is 43.5 Å². The van der Waals surface area contributed by atoms with Crippen LogP contribution in [0.5, 0.6) is 0 Å². The molecule has 0 radical (unpaired) electrons. The van der Waals surface area contributed by atoms with Gasteiger partial charge in [0.1, 0.15) is 11.2 Å². The number of pyridine rings is 2. The van der Waals surface area contributed by atoms with Crippen LogP contribution in [0.3, 0.4) is 0 Å². The molecule has 0 amide bonds. The molecule has 1 saturated heterocycles. The Morgan fingerprint density at radius 2 is 2.06 bits per heavy atom. The van der Waals surface area contributed by atoms with Crippen molar-refractivity contribution in [1.82, 2.24) is 19.7 Å². The number of hydrogen-bond donors (Lipinski definition) is 1. The van der Waals surface area contributed by atoms with Crippen LogP contribution in [0.25, 0.3) is 16.6 Å². The molecule has 4 heterocycles. The molecule has 1 unspecified atom stereocenters. The van der Waals surface area contributed by atoms with Gasteiger partial charge in [-0.1, -0.05) is 0 Å². The molecule has 3 fully saturated rings. The molecule has 31 heavy (non-hydrogen) atoms. The van der Waals surface area contributed by atoms with Crippen LogP contribution in [0.4, 0.5) is 5.82 Å². The third-order valence-electron chi connectivity index (χ3n) is 7.80. The third kappa shape index (κ3) is 2.71. The highest BCUT2D eigenvalue weighted by Crippen LogP contribution is 2.78. The summed E-state index contributed by atoms with van der Waals surface area (Å²) in [6.07, 6.45) is 9.63. The molecule has 0 bridgehead atoms. The van der Waals surface area contributed by atoms with E-state index in [4.69, 9.17) is 0 Å². The van der Waals surface area contributed by atoms with E-state index in [-0.39, 0.29) is 11.3 Å². The number of nitrogens with zero attached hydrogens (tertiary/aromatic N) is 6. The summed E-state index contributed by atoms with van der Waals surface area (Å²) in [5.41, 5.74) is 1.86. The zero-order valence-corrected chi connectivity index (χ0v) is 17.9. The molecule has 158 valence electrons. The number of aliphatic hydroxyl groups is 1. The molecule has 6 rings (SSSR count). The van der Waals surface area contributed by atoms with Crippen LogP contribution in [0.2, 0.25) is 0 Å². The number of rotatable bonds is 4. The van der Waals surface area contributed by atoms with E-state index in [1.807, 2.05) is 43.2 Å². The summed E-state index contributed by atoms with van der Waals surface area (Å²) in [5.74, 6) is 1.13. The van der Waals surface area contributed by atoms with Crippen LogP contribution in [0.1, 0.15) is 45.2 Å². The lowest BCUT2D eigenvalue weighted by atomic mass is 9.90. The second-order valence-corrected chi connectivity index (χ2v) is 10.1. The van der Waals surface area contributed by atoms with Gasteiger partial charge in [-0.15, -0.1) is 0 Å². The summed E-state index contributed by atoms with van der Waals surface area (Å²) in [5, 5.41) is 25.8. The Hall–Kier alpha value is -2.98. The van der Waals surface area contributed by atoms with Crippen LogP contribution in [0.15, 0.2) is 36.8 Å². The summed E-state index contributed by atoms with van der Waals surface area (Å²) in [6, 6.07) is 8.64. The van der Waals surface area contributed by atoms with Crippen molar-refractivity contribution in [2.24, 2.45) is 11.3 Å². The van der Waals surface area contributed by atoms with Gasteiger partial charge in [0.25, 0.3) is 0 Å². The molecular weight excluding hydrogens is 388 g/mol. The zero-order valence-electron chi connectivity index (χ0n) is 17.9. The monoisotopic (exact) mass is 414 g/mol. The van der Waals surface area contributed by atoms with Crippen LogP contribution < -0.4 is 4.90 Å². The van der Waals surface area contributed by atoms with Gasteiger partial charge in [-0.05, 0) is 57.1 Å². The van der Waals surface area contributed by atoms with Gasteiger partial charge < -0.3 is 10.0 Å². The number of fused-ring (bicyclic) bond motifs is 1. The molecule has 3 aliphatic rings. The summed E-state index contributed by atoms with van der Waals surface area (Å²) in [7, 11) is 0. The predicted molar refractivity (Wildman–Crippen MR) is 117 cm³/mol. The molecule has 2 atom stereocenters. The molecule has 1 N–H and O–H groups in total. The molecule has 1 spiro atoms. The van der Waals surface area contributed by atoms with Crippen molar-refractivity contribution in [1.29, 1.82) is 5.26 Å². The van der Waals surface area contributed by atoms with Gasteiger partial charge >= 0.3 is 0 Å². The predicted octanol–water partition coefficient (Wildman–Crippen LogP) is 3.36. The smallest absolute Gasteiger partial charge is 0.130 e. The number of nitriles is 1. The quantitative estimate of drug-likeness (QED) is 0.704. The van der Waals surface area contributed by atoms with Crippen molar-refractivity contribution in [2.45, 2.75) is 50.5 Å². The number of anilines is 1. The lowest BCUT2D eigenvalue weighted by molar-refractivity contribution is 0.0263. The molecule has 7 heteroatoms. The molecule has 2 saturated carbocycles. The summed E-state index contributed by atoms with van der Waals surface area (Å²) in [6.45, 7) is 5.44. The first-order chi connectivity index (χ1) is 14.9. The maximum Gasteiger partial charge on any atom is 0.130 e. The van der Waals surface area contributed by atoms with Crippen molar-refractivity contribution in [3.63, 3.8) is 0 Å². The standard InChI is InChI=1S/C24H26N6O/c1-22(2,31)17-4-8-29(13-17)21-9-18(3-7-26-21)30-19-10-20(27-11-16(19)12-28-30)24(15-25)14-23(24)5-6-23/h3,7,9-12,17,31H,4-6,8,13-14H2,1-2H3/t17-,24?/m1/s1. The van der Waals surface area contributed by atoms with Gasteiger partial charge in [0.15, 0.2) is 0 Å². The summed E-state index contributed by atoms with van der Waals surface area (Å²) in [4.78, 5) is 11.5. The van der Waals surface area contributed by atoms with Crippen molar-refractivity contribution >= 4 is 16.7 Å². The van der Waals surface area contributed by atoms with E-state index in [1.54, 1.807) is 0 Å². The Morgan fingerprint density at radius 3 is 2.74 bits per heavy atom. The lowest BCUT2D eigenvalue weighted by Gasteiger charge is -2.26. The van der Waals surface area contributed by atoms with E-state index >= 15 is 0 Å². The first kappa shape index (κ1) is 18.8. The van der Waals surface area contributed by atoms with Crippen LogP contribution in [0, 0.1) is 22.7 Å². The average molecular weight is 415 g/mol. The Labute approximate surface area is 181 Å². The second kappa shape index (κ2) is 6.04. The van der Waals surface area contributed by atoms with Gasteiger partial charge in [0.05, 0.1) is 34.8 Å². The number of hydrogen-bond acceptors (Lipinski definition) is 6. The summed E-state index contributed by atoms with van der Waals surface area (Å²) >= 11 is 0. The van der Waals surface area contributed by atoms with Crippen molar-refractivity contribution < 1.29 is 5.11 Å². The van der Waals surface area contributed by atoms with E-state index in [1.165, 1.54) is 0 Å².